The van der Waals surface area contributed by atoms with E-state index in [4.69, 9.17) is 4.74 Å². The molecule has 1 fully saturated rings. The van der Waals surface area contributed by atoms with Crippen molar-refractivity contribution in [1.82, 2.24) is 4.90 Å². The smallest absolute Gasteiger partial charge is 0.419 e. The van der Waals surface area contributed by atoms with Crippen LogP contribution < -0.4 is 15.0 Å². The van der Waals surface area contributed by atoms with E-state index >= 15 is 0 Å². The molecule has 1 aliphatic heterocycles. The van der Waals surface area contributed by atoms with Gasteiger partial charge in [-0.1, -0.05) is 18.2 Å². The average Bonchev–Trinajstić information content (AvgIpc) is 2.69. The van der Waals surface area contributed by atoms with Crippen LogP contribution in [0.5, 0.6) is 5.75 Å². The average molecular weight is 411 g/mol. The van der Waals surface area contributed by atoms with Crippen LogP contribution in [0.1, 0.15) is 12.5 Å². The fourth-order valence-electron chi connectivity index (χ4n) is 3.19. The van der Waals surface area contributed by atoms with Crippen molar-refractivity contribution in [2.24, 2.45) is 0 Å². The number of hydrogen-bond donors (Lipinski definition) is 1. The Hall–Kier alpha value is -2.97. The lowest BCUT2D eigenvalue weighted by Gasteiger charge is -2.36. The summed E-state index contributed by atoms with van der Waals surface area (Å²) in [7, 11) is 0. The Morgan fingerprint density at radius 3 is 2.41 bits per heavy atom. The number of urea groups is 1. The molecule has 1 saturated heterocycles. The summed E-state index contributed by atoms with van der Waals surface area (Å²) in [5, 5.41) is 2.25. The van der Waals surface area contributed by atoms with Crippen LogP contribution in [0.2, 0.25) is 0 Å². The van der Waals surface area contributed by atoms with Crippen LogP contribution in [-0.4, -0.2) is 43.7 Å². The van der Waals surface area contributed by atoms with Crippen molar-refractivity contribution in [3.05, 3.63) is 53.8 Å². The molecule has 1 N–H and O–H groups in total. The van der Waals surface area contributed by atoms with Crippen LogP contribution in [0, 0.1) is 5.82 Å². The van der Waals surface area contributed by atoms with Gasteiger partial charge in [0, 0.05) is 26.2 Å². The Balaban J connectivity index is 1.64. The van der Waals surface area contributed by atoms with E-state index in [2.05, 4.69) is 10.2 Å². The van der Waals surface area contributed by atoms with Gasteiger partial charge < -0.3 is 19.9 Å². The first-order valence-corrected chi connectivity index (χ1v) is 9.19. The molecule has 29 heavy (non-hydrogen) atoms. The highest BCUT2D eigenvalue weighted by Crippen LogP contribution is 2.34. The maximum Gasteiger partial charge on any atom is 0.419 e. The number of piperazine rings is 1. The number of ether oxygens (including phenoxy) is 1. The number of halogens is 4. The second-order valence-corrected chi connectivity index (χ2v) is 6.47. The summed E-state index contributed by atoms with van der Waals surface area (Å²) in [5.74, 6) is -0.739. The molecule has 156 valence electrons. The summed E-state index contributed by atoms with van der Waals surface area (Å²) in [6.07, 6.45) is -4.83. The highest BCUT2D eigenvalue weighted by atomic mass is 19.4. The maximum atomic E-state index is 14.1. The molecular formula is C20H21F4N3O2. The van der Waals surface area contributed by atoms with Crippen LogP contribution in [0.25, 0.3) is 0 Å². The number of anilines is 2. The van der Waals surface area contributed by atoms with E-state index in [1.54, 1.807) is 0 Å². The fraction of sp³-hybridized carbons (Fsp3) is 0.350. The first-order chi connectivity index (χ1) is 13.8. The molecule has 0 aromatic heterocycles. The van der Waals surface area contributed by atoms with Gasteiger partial charge in [-0.25, -0.2) is 9.18 Å². The molecule has 3 rings (SSSR count). The molecule has 1 aliphatic rings. The van der Waals surface area contributed by atoms with Gasteiger partial charge in [-0.3, -0.25) is 0 Å². The van der Waals surface area contributed by atoms with Gasteiger partial charge in [0.15, 0.2) is 5.82 Å². The van der Waals surface area contributed by atoms with E-state index < -0.39 is 29.3 Å². The number of para-hydroxylation sites is 2. The summed E-state index contributed by atoms with van der Waals surface area (Å²) >= 11 is 0. The monoisotopic (exact) mass is 411 g/mol. The number of carbonyl (C=O) groups excluding carboxylic acids is 1. The minimum Gasteiger partial charge on any atom is -0.492 e. The van der Waals surface area contributed by atoms with Gasteiger partial charge in [-0.2, -0.15) is 13.2 Å². The van der Waals surface area contributed by atoms with Gasteiger partial charge in [-0.15, -0.1) is 0 Å². The summed E-state index contributed by atoms with van der Waals surface area (Å²) in [5.41, 5.74) is -0.986. The van der Waals surface area contributed by atoms with Crippen LogP contribution >= 0.6 is 0 Å². The molecule has 0 spiro atoms. The summed E-state index contributed by atoms with van der Waals surface area (Å²) in [6, 6.07) is 9.74. The number of amides is 2. The molecule has 0 saturated carbocycles. The molecule has 5 nitrogen and oxygen atoms in total. The van der Waals surface area contributed by atoms with Gasteiger partial charge in [0.1, 0.15) is 5.75 Å². The van der Waals surface area contributed by atoms with E-state index in [0.717, 1.165) is 23.6 Å². The lowest BCUT2D eigenvalue weighted by Crippen LogP contribution is -2.50. The number of carbonyl (C=O) groups is 1. The van der Waals surface area contributed by atoms with Crippen LogP contribution in [0.3, 0.4) is 0 Å². The maximum absolute atomic E-state index is 14.1. The highest BCUT2D eigenvalue weighted by Gasteiger charge is 2.35. The Labute approximate surface area is 165 Å². The minimum atomic E-state index is -4.83. The third-order valence-electron chi connectivity index (χ3n) is 4.62. The third kappa shape index (κ3) is 4.72. The Morgan fingerprint density at radius 1 is 1.07 bits per heavy atom. The zero-order valence-electron chi connectivity index (χ0n) is 15.8. The molecule has 2 aromatic carbocycles. The van der Waals surface area contributed by atoms with Crippen molar-refractivity contribution in [1.29, 1.82) is 0 Å². The number of rotatable bonds is 4. The molecule has 0 bridgehead atoms. The molecule has 1 heterocycles. The Bertz CT molecular complexity index is 865. The highest BCUT2D eigenvalue weighted by molar-refractivity contribution is 5.89. The fourth-order valence-corrected chi connectivity index (χ4v) is 3.19. The molecule has 0 aliphatic carbocycles. The van der Waals surface area contributed by atoms with Gasteiger partial charge >= 0.3 is 12.2 Å². The molecule has 0 radical (unpaired) electrons. The standard InChI is InChI=1S/C20H21F4N3O2/c1-2-29-17-9-4-3-8-16(17)26-10-12-27(13-11-26)19(28)25-15-7-5-6-14(18(15)21)20(22,23)24/h3-9H,2,10-13H2,1H3,(H,25,28). The van der Waals surface area contributed by atoms with Crippen LogP contribution in [0.4, 0.5) is 33.7 Å². The lowest BCUT2D eigenvalue weighted by molar-refractivity contribution is -0.139. The minimum absolute atomic E-state index is 0.340. The van der Waals surface area contributed by atoms with Crippen molar-refractivity contribution in [3.8, 4) is 5.75 Å². The van der Waals surface area contributed by atoms with E-state index in [9.17, 15) is 22.4 Å². The SMILES string of the molecule is CCOc1ccccc1N1CCN(C(=O)Nc2cccc(C(F)(F)F)c2F)CC1. The normalized spacial score (nSPS) is 14.7. The summed E-state index contributed by atoms with van der Waals surface area (Å²) in [6.45, 7) is 4.14. The summed E-state index contributed by atoms with van der Waals surface area (Å²) in [4.78, 5) is 15.9. The predicted octanol–water partition coefficient (Wildman–Crippen LogP) is 4.60. The Kier molecular flexibility index (Phi) is 6.14. The number of hydrogen-bond acceptors (Lipinski definition) is 3. The lowest BCUT2D eigenvalue weighted by atomic mass is 10.1. The van der Waals surface area contributed by atoms with Gasteiger partial charge in [0.2, 0.25) is 0 Å². The quantitative estimate of drug-likeness (QED) is 0.748. The third-order valence-corrected chi connectivity index (χ3v) is 4.62. The van der Waals surface area contributed by atoms with Crippen molar-refractivity contribution in [2.75, 3.05) is 43.0 Å². The zero-order valence-corrected chi connectivity index (χ0v) is 15.8. The van der Waals surface area contributed by atoms with E-state index in [0.29, 0.717) is 38.9 Å². The first-order valence-electron chi connectivity index (χ1n) is 9.19. The van der Waals surface area contributed by atoms with Crippen molar-refractivity contribution < 1.29 is 27.1 Å². The van der Waals surface area contributed by atoms with E-state index in [1.165, 1.54) is 4.90 Å². The molecule has 0 unspecified atom stereocenters. The molecule has 0 atom stereocenters. The molecule has 9 heteroatoms. The van der Waals surface area contributed by atoms with Crippen molar-refractivity contribution in [3.63, 3.8) is 0 Å². The van der Waals surface area contributed by atoms with Gasteiger partial charge in [-0.05, 0) is 31.2 Å². The van der Waals surface area contributed by atoms with E-state index in [1.807, 2.05) is 31.2 Å². The number of benzene rings is 2. The molecule has 2 aromatic rings. The van der Waals surface area contributed by atoms with Crippen molar-refractivity contribution in [2.45, 2.75) is 13.1 Å². The first kappa shape index (κ1) is 20.8. The second kappa shape index (κ2) is 8.59. The zero-order chi connectivity index (χ0) is 21.0. The number of nitrogens with zero attached hydrogens (tertiary/aromatic N) is 2. The number of alkyl halides is 3. The van der Waals surface area contributed by atoms with Gasteiger partial charge in [0.25, 0.3) is 0 Å². The predicted molar refractivity (Wildman–Crippen MR) is 102 cm³/mol. The Morgan fingerprint density at radius 2 is 1.76 bits per heavy atom. The van der Waals surface area contributed by atoms with Gasteiger partial charge in [0.05, 0.1) is 23.5 Å². The largest absolute Gasteiger partial charge is 0.492 e. The molecule has 2 amide bonds. The topological polar surface area (TPSA) is 44.8 Å². The van der Waals surface area contributed by atoms with E-state index in [-0.39, 0.29) is 0 Å². The second-order valence-electron chi connectivity index (χ2n) is 6.47. The number of nitrogens with one attached hydrogen (secondary N) is 1. The summed E-state index contributed by atoms with van der Waals surface area (Å²) < 4.78 is 58.2. The van der Waals surface area contributed by atoms with Crippen LogP contribution in [0.15, 0.2) is 42.5 Å². The van der Waals surface area contributed by atoms with Crippen molar-refractivity contribution >= 4 is 17.4 Å². The van der Waals surface area contributed by atoms with Crippen LogP contribution in [-0.2, 0) is 6.18 Å². The molecular weight excluding hydrogens is 390 g/mol.